The molecule has 3 aromatic carbocycles. The average Bonchev–Trinajstić information content (AvgIpc) is 3.20. The minimum atomic E-state index is -3.54. The Kier molecular flexibility index (Phi) is 6.72. The summed E-state index contributed by atoms with van der Waals surface area (Å²) >= 11 is 0. The molecule has 0 aliphatic carbocycles. The van der Waals surface area contributed by atoms with Gasteiger partial charge in [0, 0.05) is 45.4 Å². The van der Waals surface area contributed by atoms with Crippen LogP contribution in [0.1, 0.15) is 26.1 Å². The predicted molar refractivity (Wildman–Crippen MR) is 137 cm³/mol. The zero-order valence-corrected chi connectivity index (χ0v) is 20.8. The van der Waals surface area contributed by atoms with E-state index in [1.54, 1.807) is 18.2 Å². The summed E-state index contributed by atoms with van der Waals surface area (Å²) in [5, 5.41) is 2.15. The zero-order chi connectivity index (χ0) is 24.5. The van der Waals surface area contributed by atoms with Gasteiger partial charge in [0.15, 0.2) is 0 Å². The molecule has 34 heavy (non-hydrogen) atoms. The number of sulfonamides is 1. The molecule has 178 valence electrons. The van der Waals surface area contributed by atoms with Gasteiger partial charge in [0.2, 0.25) is 15.9 Å². The molecule has 7 nitrogen and oxygen atoms in total. The third kappa shape index (κ3) is 4.31. The summed E-state index contributed by atoms with van der Waals surface area (Å²) < 4.78 is 28.3. The number of carbonyl (C=O) groups is 1. The van der Waals surface area contributed by atoms with Crippen molar-refractivity contribution >= 4 is 43.4 Å². The number of hydrogen-bond donors (Lipinski definition) is 0. The van der Waals surface area contributed by atoms with E-state index in [9.17, 15) is 13.2 Å². The molecule has 0 spiro atoms. The van der Waals surface area contributed by atoms with E-state index < -0.39 is 10.0 Å². The molecule has 4 aromatic rings. The maximum Gasteiger partial charge on any atom is 0.242 e. The molecule has 0 fully saturated rings. The minimum absolute atomic E-state index is 0.0319. The summed E-state index contributed by atoms with van der Waals surface area (Å²) in [6.45, 7) is 5.25. The number of hydrogen-bond acceptors (Lipinski definition) is 4. The number of imidazole rings is 1. The number of carbonyl (C=O) groups excluding carboxylic acids is 1. The molecule has 1 aromatic heterocycles. The third-order valence-electron chi connectivity index (χ3n) is 6.13. The quantitative estimate of drug-likeness (QED) is 0.375. The van der Waals surface area contributed by atoms with Crippen LogP contribution in [0.4, 0.5) is 5.69 Å². The monoisotopic (exact) mass is 478 g/mol. The summed E-state index contributed by atoms with van der Waals surface area (Å²) in [7, 11) is -0.523. The Hall–Kier alpha value is -3.23. The van der Waals surface area contributed by atoms with Crippen LogP contribution in [0.2, 0.25) is 0 Å². The van der Waals surface area contributed by atoms with E-state index in [0.717, 1.165) is 27.8 Å². The first-order valence-electron chi connectivity index (χ1n) is 11.5. The molecule has 0 N–H and O–H groups in total. The van der Waals surface area contributed by atoms with Crippen LogP contribution in [0.3, 0.4) is 0 Å². The summed E-state index contributed by atoms with van der Waals surface area (Å²) in [6.07, 6.45) is 0.779. The molecule has 8 heteroatoms. The SMILES string of the molecule is CCN(C(=O)CCc1nc2cc(S(=O)(=O)N(C)C)ccc2n1CC)c1cccc2ccccc12. The normalized spacial score (nSPS) is 12.0. The van der Waals surface area contributed by atoms with Crippen molar-refractivity contribution in [2.24, 2.45) is 0 Å². The fourth-order valence-corrected chi connectivity index (χ4v) is 5.28. The predicted octanol–water partition coefficient (Wildman–Crippen LogP) is 4.45. The summed E-state index contributed by atoms with van der Waals surface area (Å²) in [6, 6.07) is 19.1. The second kappa shape index (κ2) is 9.56. The molecule has 0 aliphatic heterocycles. The Bertz CT molecular complexity index is 1450. The van der Waals surface area contributed by atoms with Gasteiger partial charge in [0.25, 0.3) is 0 Å². The van der Waals surface area contributed by atoms with Crippen molar-refractivity contribution in [2.75, 3.05) is 25.5 Å². The molecule has 1 heterocycles. The number of anilines is 1. The molecule has 0 saturated heterocycles. The average molecular weight is 479 g/mol. The van der Waals surface area contributed by atoms with Crippen molar-refractivity contribution in [1.82, 2.24) is 13.9 Å². The number of rotatable bonds is 8. The maximum atomic E-state index is 13.3. The molecule has 1 amide bonds. The van der Waals surface area contributed by atoms with Gasteiger partial charge >= 0.3 is 0 Å². The van der Waals surface area contributed by atoms with Gasteiger partial charge in [-0.2, -0.15) is 0 Å². The number of fused-ring (bicyclic) bond motifs is 2. The molecule has 0 saturated carbocycles. The van der Waals surface area contributed by atoms with Crippen LogP contribution >= 0.6 is 0 Å². The molecule has 0 aliphatic rings. The fourth-order valence-electron chi connectivity index (χ4n) is 4.35. The van der Waals surface area contributed by atoms with Crippen LogP contribution in [0.5, 0.6) is 0 Å². The molecule has 0 unspecified atom stereocenters. The van der Waals surface area contributed by atoms with E-state index in [1.807, 2.05) is 65.8 Å². The van der Waals surface area contributed by atoms with Crippen LogP contribution in [-0.4, -0.2) is 48.8 Å². The highest BCUT2D eigenvalue weighted by molar-refractivity contribution is 7.89. The van der Waals surface area contributed by atoms with Crippen molar-refractivity contribution in [3.8, 4) is 0 Å². The largest absolute Gasteiger partial charge is 0.328 e. The van der Waals surface area contributed by atoms with Gasteiger partial charge in [-0.25, -0.2) is 17.7 Å². The highest BCUT2D eigenvalue weighted by Crippen LogP contribution is 2.28. The lowest BCUT2D eigenvalue weighted by atomic mass is 10.1. The molecule has 0 bridgehead atoms. The first-order chi connectivity index (χ1) is 16.3. The third-order valence-corrected chi connectivity index (χ3v) is 7.94. The molecule has 0 radical (unpaired) electrons. The lowest BCUT2D eigenvalue weighted by molar-refractivity contribution is -0.118. The number of aryl methyl sites for hydroxylation is 2. The smallest absolute Gasteiger partial charge is 0.242 e. The Morgan fingerprint density at radius 3 is 2.44 bits per heavy atom. The van der Waals surface area contributed by atoms with Crippen molar-refractivity contribution in [2.45, 2.75) is 38.1 Å². The van der Waals surface area contributed by atoms with Gasteiger partial charge in [0.05, 0.1) is 21.6 Å². The first-order valence-corrected chi connectivity index (χ1v) is 12.9. The van der Waals surface area contributed by atoms with E-state index in [-0.39, 0.29) is 10.8 Å². The van der Waals surface area contributed by atoms with Gasteiger partial charge in [-0.15, -0.1) is 0 Å². The van der Waals surface area contributed by atoms with Crippen LogP contribution in [0, 0.1) is 0 Å². The van der Waals surface area contributed by atoms with Crippen LogP contribution in [0.15, 0.2) is 65.6 Å². The van der Waals surface area contributed by atoms with Crippen LogP contribution in [0.25, 0.3) is 21.8 Å². The number of nitrogens with zero attached hydrogens (tertiary/aromatic N) is 4. The van der Waals surface area contributed by atoms with Gasteiger partial charge in [0.1, 0.15) is 5.82 Å². The van der Waals surface area contributed by atoms with Gasteiger partial charge in [-0.05, 0) is 43.5 Å². The van der Waals surface area contributed by atoms with Crippen molar-refractivity contribution in [3.63, 3.8) is 0 Å². The number of benzene rings is 3. The van der Waals surface area contributed by atoms with Crippen molar-refractivity contribution in [1.29, 1.82) is 0 Å². The summed E-state index contributed by atoms with van der Waals surface area (Å²) in [5.74, 6) is 0.809. The highest BCUT2D eigenvalue weighted by atomic mass is 32.2. The standard InChI is InChI=1S/C26H30N4O3S/c1-5-29-24-15-14-20(34(32,33)28(3)4)18-22(24)27-25(29)16-17-26(31)30(6-2)23-13-9-11-19-10-7-8-12-21(19)23/h7-15,18H,5-6,16-17H2,1-4H3. The second-order valence-electron chi connectivity index (χ2n) is 8.35. The second-order valence-corrected chi connectivity index (χ2v) is 10.5. The van der Waals surface area contributed by atoms with Crippen molar-refractivity contribution in [3.05, 3.63) is 66.5 Å². The zero-order valence-electron chi connectivity index (χ0n) is 20.0. The van der Waals surface area contributed by atoms with Gasteiger partial charge in [-0.3, -0.25) is 4.79 Å². The Labute approximate surface area is 200 Å². The van der Waals surface area contributed by atoms with Crippen LogP contribution < -0.4 is 4.90 Å². The lowest BCUT2D eigenvalue weighted by Gasteiger charge is -2.23. The molecular formula is C26H30N4O3S. The van der Waals surface area contributed by atoms with Gasteiger partial charge < -0.3 is 9.47 Å². The van der Waals surface area contributed by atoms with E-state index >= 15 is 0 Å². The Balaban J connectivity index is 1.61. The number of amides is 1. The van der Waals surface area contributed by atoms with Crippen LogP contribution in [-0.2, 0) is 27.8 Å². The van der Waals surface area contributed by atoms with Gasteiger partial charge in [-0.1, -0.05) is 36.4 Å². The topological polar surface area (TPSA) is 75.5 Å². The first kappa shape index (κ1) is 23.9. The summed E-state index contributed by atoms with van der Waals surface area (Å²) in [4.78, 5) is 20.0. The maximum absolute atomic E-state index is 13.3. The molecular weight excluding hydrogens is 448 g/mol. The Morgan fingerprint density at radius 1 is 1.00 bits per heavy atom. The summed E-state index contributed by atoms with van der Waals surface area (Å²) in [5.41, 5.74) is 2.39. The van der Waals surface area contributed by atoms with Crippen molar-refractivity contribution < 1.29 is 13.2 Å². The molecule has 0 atom stereocenters. The minimum Gasteiger partial charge on any atom is -0.328 e. The molecule has 4 rings (SSSR count). The van der Waals surface area contributed by atoms with E-state index in [4.69, 9.17) is 4.98 Å². The van der Waals surface area contributed by atoms with E-state index in [2.05, 4.69) is 0 Å². The Morgan fingerprint density at radius 2 is 1.74 bits per heavy atom. The fraction of sp³-hybridized carbons (Fsp3) is 0.308. The van der Waals surface area contributed by atoms with E-state index in [0.29, 0.717) is 31.4 Å². The lowest BCUT2D eigenvalue weighted by Crippen LogP contribution is -2.31. The van der Waals surface area contributed by atoms with E-state index in [1.165, 1.54) is 18.4 Å². The number of aromatic nitrogens is 2. The highest BCUT2D eigenvalue weighted by Gasteiger charge is 2.21.